The summed E-state index contributed by atoms with van der Waals surface area (Å²) in [5.74, 6) is -0.734. The molecule has 3 rings (SSSR count). The van der Waals surface area contributed by atoms with Crippen LogP contribution in [-0.4, -0.2) is 48.0 Å². The van der Waals surface area contributed by atoms with Crippen molar-refractivity contribution in [2.45, 2.75) is 26.5 Å². The number of nitrogens with zero attached hydrogens (tertiary/aromatic N) is 1. The van der Waals surface area contributed by atoms with Crippen molar-refractivity contribution in [1.82, 2.24) is 10.2 Å². The summed E-state index contributed by atoms with van der Waals surface area (Å²) in [5, 5.41) is 5.12. The lowest BCUT2D eigenvalue weighted by molar-refractivity contribution is -0.125. The van der Waals surface area contributed by atoms with Gasteiger partial charge in [0.25, 0.3) is 5.91 Å². The van der Waals surface area contributed by atoms with Crippen molar-refractivity contribution in [1.29, 1.82) is 0 Å². The first kappa shape index (κ1) is 21.8. The number of benzene rings is 2. The summed E-state index contributed by atoms with van der Waals surface area (Å²) in [6, 6.07) is 12.7. The van der Waals surface area contributed by atoms with Crippen LogP contribution in [0.15, 0.2) is 48.5 Å². The van der Waals surface area contributed by atoms with Gasteiger partial charge in [0.2, 0.25) is 5.91 Å². The summed E-state index contributed by atoms with van der Waals surface area (Å²) in [6.07, 6.45) is -1.01. The Balaban J connectivity index is 1.53. The van der Waals surface area contributed by atoms with Crippen molar-refractivity contribution in [2.75, 3.05) is 18.5 Å². The van der Waals surface area contributed by atoms with E-state index in [0.717, 1.165) is 4.90 Å². The molecule has 0 radical (unpaired) electrons. The Hall–Kier alpha value is -3.88. The molecule has 1 fully saturated rings. The summed E-state index contributed by atoms with van der Waals surface area (Å²) in [5.41, 5.74) is 1.49. The van der Waals surface area contributed by atoms with Crippen LogP contribution in [0.5, 0.6) is 5.75 Å². The van der Waals surface area contributed by atoms with Crippen LogP contribution in [0.3, 0.4) is 0 Å². The number of rotatable bonds is 8. The monoisotopic (exact) mass is 425 g/mol. The van der Waals surface area contributed by atoms with Gasteiger partial charge in [-0.3, -0.25) is 14.5 Å². The fraction of sp³-hybridized carbons (Fsp3) is 0.273. The zero-order valence-electron chi connectivity index (χ0n) is 17.2. The molecule has 31 heavy (non-hydrogen) atoms. The Bertz CT molecular complexity index is 956. The van der Waals surface area contributed by atoms with Gasteiger partial charge in [-0.25, -0.2) is 9.59 Å². The van der Waals surface area contributed by atoms with E-state index in [2.05, 4.69) is 10.6 Å². The van der Waals surface area contributed by atoms with E-state index in [1.54, 1.807) is 36.4 Å². The average Bonchev–Trinajstić information content (AvgIpc) is 3.07. The van der Waals surface area contributed by atoms with Gasteiger partial charge in [-0.05, 0) is 55.8 Å². The van der Waals surface area contributed by atoms with Crippen molar-refractivity contribution >= 4 is 29.5 Å². The minimum Gasteiger partial charge on any atom is -0.494 e. The molecule has 1 saturated heterocycles. The molecule has 0 aliphatic carbocycles. The number of anilines is 1. The number of nitrogens with one attached hydrogen (secondary N) is 2. The van der Waals surface area contributed by atoms with Crippen LogP contribution >= 0.6 is 0 Å². The Morgan fingerprint density at radius 2 is 1.77 bits per heavy atom. The molecule has 0 unspecified atom stereocenters. The standard InChI is InChI=1S/C22H23N3O6/c1-3-30-18-10-8-17(9-11-18)24-20(27)14(2)31-21(28)16-6-4-15(5-7-16)13-25-19(26)12-23-22(25)29/h4-11,14H,3,12-13H2,1-2H3,(H,23,29)(H,24,27)/t14-/m0/s1. The molecule has 1 atom stereocenters. The highest BCUT2D eigenvalue weighted by molar-refractivity contribution is 6.02. The molecule has 1 aliphatic rings. The Labute approximate surface area is 179 Å². The zero-order chi connectivity index (χ0) is 22.4. The van der Waals surface area contributed by atoms with Crippen LogP contribution < -0.4 is 15.4 Å². The number of carbonyl (C=O) groups is 4. The fourth-order valence-electron chi connectivity index (χ4n) is 2.87. The van der Waals surface area contributed by atoms with Crippen molar-refractivity contribution in [3.05, 3.63) is 59.7 Å². The molecule has 0 spiro atoms. The summed E-state index contributed by atoms with van der Waals surface area (Å²) >= 11 is 0. The second-order valence-electron chi connectivity index (χ2n) is 6.83. The Morgan fingerprint density at radius 3 is 2.35 bits per heavy atom. The van der Waals surface area contributed by atoms with Gasteiger partial charge in [-0.15, -0.1) is 0 Å². The van der Waals surface area contributed by atoms with Crippen molar-refractivity contribution < 1.29 is 28.7 Å². The molecule has 2 N–H and O–H groups in total. The van der Waals surface area contributed by atoms with Crippen LogP contribution in [0.2, 0.25) is 0 Å². The molecular formula is C22H23N3O6. The van der Waals surface area contributed by atoms with Crippen molar-refractivity contribution in [3.8, 4) is 5.75 Å². The first-order valence-electron chi connectivity index (χ1n) is 9.79. The smallest absolute Gasteiger partial charge is 0.338 e. The molecular weight excluding hydrogens is 402 g/mol. The van der Waals surface area contributed by atoms with Crippen LogP contribution in [0.4, 0.5) is 10.5 Å². The fourth-order valence-corrected chi connectivity index (χ4v) is 2.87. The Morgan fingerprint density at radius 1 is 1.10 bits per heavy atom. The number of amides is 4. The molecule has 9 heteroatoms. The number of hydrogen-bond donors (Lipinski definition) is 2. The van der Waals surface area contributed by atoms with Crippen LogP contribution in [0.25, 0.3) is 0 Å². The minimum atomic E-state index is -1.01. The molecule has 0 saturated carbocycles. The number of carbonyl (C=O) groups excluding carboxylic acids is 4. The van der Waals surface area contributed by atoms with Crippen molar-refractivity contribution in [2.24, 2.45) is 0 Å². The average molecular weight is 425 g/mol. The molecule has 162 valence electrons. The van der Waals surface area contributed by atoms with Gasteiger partial charge in [0, 0.05) is 5.69 Å². The third kappa shape index (κ3) is 5.59. The molecule has 0 bridgehead atoms. The largest absolute Gasteiger partial charge is 0.494 e. The third-order valence-electron chi connectivity index (χ3n) is 4.55. The normalized spacial score (nSPS) is 14.1. The topological polar surface area (TPSA) is 114 Å². The lowest BCUT2D eigenvalue weighted by atomic mass is 10.1. The van der Waals surface area contributed by atoms with Crippen LogP contribution in [-0.2, 0) is 20.9 Å². The van der Waals surface area contributed by atoms with E-state index < -0.39 is 24.0 Å². The first-order valence-corrected chi connectivity index (χ1v) is 9.79. The minimum absolute atomic E-state index is 0.0140. The maximum atomic E-state index is 12.3. The third-order valence-corrected chi connectivity index (χ3v) is 4.55. The lowest BCUT2D eigenvalue weighted by Crippen LogP contribution is -2.30. The van der Waals surface area contributed by atoms with Gasteiger partial charge in [0.1, 0.15) is 5.75 Å². The first-order chi connectivity index (χ1) is 14.9. The number of ether oxygens (including phenoxy) is 2. The SMILES string of the molecule is CCOc1ccc(NC(=O)[C@H](C)OC(=O)c2ccc(CN3C(=O)CNC3=O)cc2)cc1. The predicted molar refractivity (Wildman–Crippen MR) is 112 cm³/mol. The highest BCUT2D eigenvalue weighted by atomic mass is 16.5. The summed E-state index contributed by atoms with van der Waals surface area (Å²) in [4.78, 5) is 49.0. The van der Waals surface area contributed by atoms with Gasteiger partial charge in [-0.1, -0.05) is 12.1 Å². The number of esters is 1. The second kappa shape index (κ2) is 9.75. The van der Waals surface area contributed by atoms with E-state index in [9.17, 15) is 19.2 Å². The van der Waals surface area contributed by atoms with E-state index >= 15 is 0 Å². The van der Waals surface area contributed by atoms with Crippen molar-refractivity contribution in [3.63, 3.8) is 0 Å². The van der Waals surface area contributed by atoms with Gasteiger partial charge < -0.3 is 20.1 Å². The van der Waals surface area contributed by atoms with Gasteiger partial charge >= 0.3 is 12.0 Å². The Kier molecular flexibility index (Phi) is 6.86. The lowest BCUT2D eigenvalue weighted by Gasteiger charge is -2.15. The zero-order valence-corrected chi connectivity index (χ0v) is 17.2. The number of imide groups is 1. The molecule has 2 aromatic rings. The molecule has 4 amide bonds. The van der Waals surface area contributed by atoms with E-state index in [1.165, 1.54) is 19.1 Å². The predicted octanol–water partition coefficient (Wildman–Crippen LogP) is 2.32. The number of hydrogen-bond acceptors (Lipinski definition) is 6. The second-order valence-corrected chi connectivity index (χ2v) is 6.83. The molecule has 0 aromatic heterocycles. The number of urea groups is 1. The molecule has 2 aromatic carbocycles. The summed E-state index contributed by atoms with van der Waals surface area (Å²) in [6.45, 7) is 4.01. The maximum Gasteiger partial charge on any atom is 0.338 e. The van der Waals surface area contributed by atoms with E-state index in [1.807, 2.05) is 6.92 Å². The van der Waals surface area contributed by atoms with Crippen LogP contribution in [0.1, 0.15) is 29.8 Å². The van der Waals surface area contributed by atoms with E-state index in [-0.39, 0.29) is 24.6 Å². The van der Waals surface area contributed by atoms with Gasteiger partial charge in [0.15, 0.2) is 6.10 Å². The molecule has 9 nitrogen and oxygen atoms in total. The van der Waals surface area contributed by atoms with Gasteiger partial charge in [-0.2, -0.15) is 0 Å². The van der Waals surface area contributed by atoms with E-state index in [0.29, 0.717) is 23.6 Å². The maximum absolute atomic E-state index is 12.3. The van der Waals surface area contributed by atoms with E-state index in [4.69, 9.17) is 9.47 Å². The quantitative estimate of drug-likeness (QED) is 0.496. The highest BCUT2D eigenvalue weighted by Crippen LogP contribution is 2.16. The molecule has 1 aliphatic heterocycles. The molecule has 1 heterocycles. The van der Waals surface area contributed by atoms with Crippen LogP contribution in [0, 0.1) is 0 Å². The summed E-state index contributed by atoms with van der Waals surface area (Å²) < 4.78 is 10.6. The highest BCUT2D eigenvalue weighted by Gasteiger charge is 2.28. The summed E-state index contributed by atoms with van der Waals surface area (Å²) in [7, 11) is 0. The van der Waals surface area contributed by atoms with Gasteiger partial charge in [0.05, 0.1) is 25.3 Å².